The minimum atomic E-state index is -0.920. The number of carbonyl (C=O) groups excluding carboxylic acids is 1. The van der Waals surface area contributed by atoms with E-state index in [0.717, 1.165) is 31.2 Å². The number of carboxylic acid groups (broad SMARTS) is 1. The van der Waals surface area contributed by atoms with Gasteiger partial charge in [-0.2, -0.15) is 0 Å². The van der Waals surface area contributed by atoms with Crippen LogP contribution in [0.15, 0.2) is 24.3 Å². The Kier molecular flexibility index (Phi) is 4.60. The van der Waals surface area contributed by atoms with Gasteiger partial charge in [0.1, 0.15) is 5.82 Å². The first-order valence-electron chi connectivity index (χ1n) is 7.19. The number of carbonyl (C=O) groups is 2. The number of rotatable bonds is 5. The molecule has 0 radical (unpaired) electrons. The second-order valence-electron chi connectivity index (χ2n) is 5.67. The monoisotopic (exact) mass is 293 g/mol. The molecule has 1 saturated carbocycles. The molecule has 0 heterocycles. The van der Waals surface area contributed by atoms with Crippen molar-refractivity contribution < 1.29 is 19.1 Å². The number of amides is 1. The lowest BCUT2D eigenvalue weighted by molar-refractivity contribution is -0.139. The van der Waals surface area contributed by atoms with Crippen LogP contribution in [0, 0.1) is 5.82 Å². The normalized spacial score (nSPS) is 16.7. The van der Waals surface area contributed by atoms with Gasteiger partial charge < -0.3 is 10.0 Å². The van der Waals surface area contributed by atoms with Crippen LogP contribution < -0.4 is 0 Å². The van der Waals surface area contributed by atoms with Crippen LogP contribution in [-0.4, -0.2) is 35.5 Å². The Morgan fingerprint density at radius 3 is 2.33 bits per heavy atom. The van der Waals surface area contributed by atoms with E-state index in [2.05, 4.69) is 0 Å². The average molecular weight is 293 g/mol. The number of hydrogen-bond donors (Lipinski definition) is 1. The van der Waals surface area contributed by atoms with Gasteiger partial charge in [-0.3, -0.25) is 9.59 Å². The molecule has 0 aliphatic heterocycles. The van der Waals surface area contributed by atoms with E-state index < -0.39 is 11.4 Å². The van der Waals surface area contributed by atoms with Crippen molar-refractivity contribution in [2.24, 2.45) is 0 Å². The van der Waals surface area contributed by atoms with E-state index in [0.29, 0.717) is 0 Å². The molecule has 4 nitrogen and oxygen atoms in total. The summed E-state index contributed by atoms with van der Waals surface area (Å²) >= 11 is 0. The van der Waals surface area contributed by atoms with Crippen LogP contribution in [0.5, 0.6) is 0 Å². The summed E-state index contributed by atoms with van der Waals surface area (Å²) in [6.07, 6.45) is 3.30. The van der Waals surface area contributed by atoms with Gasteiger partial charge >= 0.3 is 5.97 Å². The highest BCUT2D eigenvalue weighted by Gasteiger charge is 2.44. The van der Waals surface area contributed by atoms with Crippen LogP contribution in [0.4, 0.5) is 4.39 Å². The van der Waals surface area contributed by atoms with Gasteiger partial charge in [0.25, 0.3) is 0 Å². The van der Waals surface area contributed by atoms with Crippen molar-refractivity contribution in [3.8, 4) is 0 Å². The highest BCUT2D eigenvalue weighted by Crippen LogP contribution is 2.42. The molecule has 5 heteroatoms. The van der Waals surface area contributed by atoms with E-state index in [4.69, 9.17) is 5.11 Å². The van der Waals surface area contributed by atoms with Crippen LogP contribution in [0.3, 0.4) is 0 Å². The molecule has 0 atom stereocenters. The van der Waals surface area contributed by atoms with Crippen LogP contribution in [-0.2, 0) is 15.0 Å². The maximum Gasteiger partial charge on any atom is 0.305 e. The Labute approximate surface area is 123 Å². The van der Waals surface area contributed by atoms with Crippen molar-refractivity contribution in [3.05, 3.63) is 35.6 Å². The van der Waals surface area contributed by atoms with Crippen LogP contribution in [0.2, 0.25) is 0 Å². The minimum absolute atomic E-state index is 0.0622. The van der Waals surface area contributed by atoms with Crippen LogP contribution >= 0.6 is 0 Å². The summed E-state index contributed by atoms with van der Waals surface area (Å²) in [5, 5.41) is 8.74. The number of likely N-dealkylation sites (N-methyl/N-ethyl adjacent to an activating group) is 1. The van der Waals surface area contributed by atoms with E-state index in [-0.39, 0.29) is 24.7 Å². The van der Waals surface area contributed by atoms with Crippen LogP contribution in [0.1, 0.15) is 37.7 Å². The summed E-state index contributed by atoms with van der Waals surface area (Å²) in [6.45, 7) is 0.192. The van der Waals surface area contributed by atoms with Crippen molar-refractivity contribution in [3.63, 3.8) is 0 Å². The summed E-state index contributed by atoms with van der Waals surface area (Å²) in [7, 11) is 1.63. The fraction of sp³-hybridized carbons (Fsp3) is 0.500. The van der Waals surface area contributed by atoms with Crippen molar-refractivity contribution in [2.45, 2.75) is 37.5 Å². The second-order valence-corrected chi connectivity index (χ2v) is 5.67. The average Bonchev–Trinajstić information content (AvgIpc) is 2.95. The molecule has 1 aliphatic rings. The van der Waals surface area contributed by atoms with Crippen molar-refractivity contribution in [2.75, 3.05) is 13.6 Å². The van der Waals surface area contributed by atoms with E-state index >= 15 is 0 Å². The lowest BCUT2D eigenvalue weighted by Gasteiger charge is -2.32. The highest BCUT2D eigenvalue weighted by molar-refractivity contribution is 5.88. The predicted molar refractivity (Wildman–Crippen MR) is 76.4 cm³/mol. The molecular formula is C16H20FNO3. The quantitative estimate of drug-likeness (QED) is 0.907. The molecule has 1 amide bonds. The predicted octanol–water partition coefficient (Wildman–Crippen LogP) is 2.57. The summed E-state index contributed by atoms with van der Waals surface area (Å²) in [4.78, 5) is 24.9. The zero-order valence-electron chi connectivity index (χ0n) is 12.1. The van der Waals surface area contributed by atoms with Gasteiger partial charge in [0.2, 0.25) is 5.91 Å². The van der Waals surface area contributed by atoms with Crippen molar-refractivity contribution in [1.82, 2.24) is 4.90 Å². The van der Waals surface area contributed by atoms with Crippen LogP contribution in [0.25, 0.3) is 0 Å². The fourth-order valence-corrected chi connectivity index (χ4v) is 3.10. The molecule has 0 spiro atoms. The molecule has 1 fully saturated rings. The Balaban J connectivity index is 2.23. The third kappa shape index (κ3) is 3.23. The molecule has 21 heavy (non-hydrogen) atoms. The lowest BCUT2D eigenvalue weighted by atomic mass is 9.77. The summed E-state index contributed by atoms with van der Waals surface area (Å²) in [6, 6.07) is 6.09. The molecule has 1 aromatic carbocycles. The summed E-state index contributed by atoms with van der Waals surface area (Å²) < 4.78 is 13.1. The zero-order chi connectivity index (χ0) is 15.5. The van der Waals surface area contributed by atoms with E-state index in [1.54, 1.807) is 19.2 Å². The topological polar surface area (TPSA) is 57.6 Å². The molecule has 1 N–H and O–H groups in total. The van der Waals surface area contributed by atoms with Gasteiger partial charge in [0, 0.05) is 13.6 Å². The van der Waals surface area contributed by atoms with Gasteiger partial charge in [0.15, 0.2) is 0 Å². The molecule has 0 saturated heterocycles. The Morgan fingerprint density at radius 2 is 1.81 bits per heavy atom. The van der Waals surface area contributed by atoms with Crippen molar-refractivity contribution in [1.29, 1.82) is 0 Å². The maximum absolute atomic E-state index is 13.1. The SMILES string of the molecule is CN(CCC(=O)O)C(=O)C1(c2ccc(F)cc2)CCCC1. The maximum atomic E-state index is 13.1. The molecule has 0 aromatic heterocycles. The molecule has 1 aliphatic carbocycles. The third-order valence-electron chi connectivity index (χ3n) is 4.27. The summed E-state index contributed by atoms with van der Waals surface area (Å²) in [5.74, 6) is -1.30. The van der Waals surface area contributed by atoms with E-state index in [9.17, 15) is 14.0 Å². The molecule has 1 aromatic rings. The van der Waals surface area contributed by atoms with E-state index in [1.807, 2.05) is 0 Å². The van der Waals surface area contributed by atoms with Gasteiger partial charge in [0.05, 0.1) is 11.8 Å². The fourth-order valence-electron chi connectivity index (χ4n) is 3.10. The first-order chi connectivity index (χ1) is 9.95. The Bertz CT molecular complexity index is 521. The highest BCUT2D eigenvalue weighted by atomic mass is 19.1. The Morgan fingerprint density at radius 1 is 1.24 bits per heavy atom. The largest absolute Gasteiger partial charge is 0.481 e. The molecule has 0 unspecified atom stereocenters. The Hall–Kier alpha value is -1.91. The third-order valence-corrected chi connectivity index (χ3v) is 4.27. The standard InChI is InChI=1S/C16H20FNO3/c1-18(11-8-14(19)20)15(21)16(9-2-3-10-16)12-4-6-13(17)7-5-12/h4-7H,2-3,8-11H2,1H3,(H,19,20). The second kappa shape index (κ2) is 6.24. The lowest BCUT2D eigenvalue weighted by Crippen LogP contribution is -2.44. The first-order valence-corrected chi connectivity index (χ1v) is 7.19. The first kappa shape index (κ1) is 15.5. The number of carboxylic acids is 1. The molecule has 114 valence electrons. The van der Waals surface area contributed by atoms with Gasteiger partial charge in [-0.05, 0) is 30.5 Å². The number of aliphatic carboxylic acids is 1. The number of hydrogen-bond acceptors (Lipinski definition) is 2. The number of benzene rings is 1. The molecule has 0 bridgehead atoms. The number of halogens is 1. The van der Waals surface area contributed by atoms with Gasteiger partial charge in [-0.15, -0.1) is 0 Å². The van der Waals surface area contributed by atoms with E-state index in [1.165, 1.54) is 17.0 Å². The number of nitrogens with zero attached hydrogens (tertiary/aromatic N) is 1. The molecule has 2 rings (SSSR count). The zero-order valence-corrected chi connectivity index (χ0v) is 12.1. The van der Waals surface area contributed by atoms with Gasteiger partial charge in [-0.1, -0.05) is 25.0 Å². The molecular weight excluding hydrogens is 273 g/mol. The summed E-state index contributed by atoms with van der Waals surface area (Å²) in [5.41, 5.74) is 0.203. The van der Waals surface area contributed by atoms with Gasteiger partial charge in [-0.25, -0.2) is 4.39 Å². The van der Waals surface area contributed by atoms with Crippen molar-refractivity contribution >= 4 is 11.9 Å². The smallest absolute Gasteiger partial charge is 0.305 e. The minimum Gasteiger partial charge on any atom is -0.481 e.